The Morgan fingerprint density at radius 1 is 0.932 bits per heavy atom. The molecule has 0 atom stereocenters. The van der Waals surface area contributed by atoms with Crippen molar-refractivity contribution in [3.63, 3.8) is 0 Å². The second-order valence-electron chi connectivity index (χ2n) is 11.0. The number of hydrogen-bond donors (Lipinski definition) is 0. The van der Waals surface area contributed by atoms with Crippen molar-refractivity contribution in [3.8, 4) is 6.07 Å². The van der Waals surface area contributed by atoms with Crippen molar-refractivity contribution in [2.24, 2.45) is 13.0 Å². The fourth-order valence-corrected chi connectivity index (χ4v) is 5.66. The van der Waals surface area contributed by atoms with Gasteiger partial charge in [0.2, 0.25) is 0 Å². The molecule has 232 valence electrons. The minimum atomic E-state index is -4.98. The van der Waals surface area contributed by atoms with Gasteiger partial charge in [-0.25, -0.2) is 4.98 Å². The normalized spacial score (nSPS) is 14.2. The number of anilines is 2. The van der Waals surface area contributed by atoms with E-state index in [4.69, 9.17) is 4.98 Å². The van der Waals surface area contributed by atoms with Crippen molar-refractivity contribution in [2.45, 2.75) is 58.0 Å². The minimum absolute atomic E-state index is 0.0166. The smallest absolute Gasteiger partial charge is 0.356 e. The highest BCUT2D eigenvalue weighted by atomic mass is 19.4. The number of alkyl halides is 6. The molecule has 0 N–H and O–H groups in total. The van der Waals surface area contributed by atoms with Crippen molar-refractivity contribution in [2.75, 3.05) is 22.9 Å². The first-order valence-corrected chi connectivity index (χ1v) is 14.2. The van der Waals surface area contributed by atoms with Crippen LogP contribution in [0.3, 0.4) is 0 Å². The van der Waals surface area contributed by atoms with Gasteiger partial charge in [0, 0.05) is 37.1 Å². The lowest BCUT2D eigenvalue weighted by Crippen LogP contribution is -2.32. The SMILES string of the molecule is CCN(CC1CCCC1)c1nc2cc(C#N)ccc2cc1CN(Cc1cc(C(F)(F)F)cc(C(F)(F)F)c1)c1nnn(C)n1. The predicted octanol–water partition coefficient (Wildman–Crippen LogP) is 6.89. The van der Waals surface area contributed by atoms with Crippen molar-refractivity contribution in [3.05, 3.63) is 70.3 Å². The van der Waals surface area contributed by atoms with E-state index in [9.17, 15) is 31.6 Å². The zero-order valence-electron chi connectivity index (χ0n) is 24.1. The molecule has 2 aromatic carbocycles. The third-order valence-corrected chi connectivity index (χ3v) is 7.80. The van der Waals surface area contributed by atoms with Crippen LogP contribution in [0.4, 0.5) is 38.1 Å². The molecule has 0 saturated heterocycles. The number of aryl methyl sites for hydroxylation is 1. The van der Waals surface area contributed by atoms with E-state index in [-0.39, 0.29) is 30.7 Å². The van der Waals surface area contributed by atoms with Crippen molar-refractivity contribution in [1.82, 2.24) is 25.2 Å². The summed E-state index contributed by atoms with van der Waals surface area (Å²) in [6, 6.07) is 10.6. The number of fused-ring (bicyclic) bond motifs is 1. The van der Waals surface area contributed by atoms with Crippen LogP contribution in [0.5, 0.6) is 0 Å². The summed E-state index contributed by atoms with van der Waals surface area (Å²) in [7, 11) is 1.51. The highest BCUT2D eigenvalue weighted by Gasteiger charge is 2.37. The maximum absolute atomic E-state index is 13.6. The summed E-state index contributed by atoms with van der Waals surface area (Å²) in [5.74, 6) is 1.12. The van der Waals surface area contributed by atoms with Crippen LogP contribution in [0, 0.1) is 17.2 Å². The van der Waals surface area contributed by atoms with Crippen LogP contribution < -0.4 is 9.80 Å². The molecule has 14 heteroatoms. The summed E-state index contributed by atoms with van der Waals surface area (Å²) in [6.45, 7) is 3.01. The molecule has 0 radical (unpaired) electrons. The van der Waals surface area contributed by atoms with E-state index in [2.05, 4.69) is 26.4 Å². The monoisotopic (exact) mass is 616 g/mol. The second-order valence-corrected chi connectivity index (χ2v) is 11.0. The first kappa shape index (κ1) is 31.0. The van der Waals surface area contributed by atoms with Gasteiger partial charge in [-0.2, -0.15) is 36.4 Å². The quantitative estimate of drug-likeness (QED) is 0.189. The average Bonchev–Trinajstić information content (AvgIpc) is 3.65. The first-order valence-electron chi connectivity index (χ1n) is 14.2. The molecule has 1 aliphatic carbocycles. The Kier molecular flexibility index (Phi) is 8.67. The molecule has 4 aromatic rings. The molecule has 5 rings (SSSR count). The van der Waals surface area contributed by atoms with Crippen LogP contribution in [-0.2, 0) is 32.5 Å². The number of aromatic nitrogens is 5. The molecule has 2 heterocycles. The lowest BCUT2D eigenvalue weighted by atomic mass is 10.0. The number of nitrogens with zero attached hydrogens (tertiary/aromatic N) is 8. The topological polar surface area (TPSA) is 86.8 Å². The summed E-state index contributed by atoms with van der Waals surface area (Å²) >= 11 is 0. The number of hydrogen-bond acceptors (Lipinski definition) is 7. The lowest BCUT2D eigenvalue weighted by molar-refractivity contribution is -0.143. The van der Waals surface area contributed by atoms with E-state index in [1.54, 1.807) is 18.2 Å². The second kappa shape index (κ2) is 12.3. The lowest BCUT2D eigenvalue weighted by Gasteiger charge is -2.30. The molecule has 0 bridgehead atoms. The van der Waals surface area contributed by atoms with E-state index < -0.39 is 23.5 Å². The molecule has 0 spiro atoms. The third kappa shape index (κ3) is 7.03. The van der Waals surface area contributed by atoms with E-state index >= 15 is 0 Å². The van der Waals surface area contributed by atoms with Crippen LogP contribution in [-0.4, -0.2) is 38.3 Å². The van der Waals surface area contributed by atoms with Crippen molar-refractivity contribution >= 4 is 22.7 Å². The van der Waals surface area contributed by atoms with Crippen LogP contribution in [0.15, 0.2) is 42.5 Å². The number of benzene rings is 2. The first-order chi connectivity index (χ1) is 20.8. The van der Waals surface area contributed by atoms with Crippen LogP contribution >= 0.6 is 0 Å². The highest BCUT2D eigenvalue weighted by Crippen LogP contribution is 2.37. The fourth-order valence-electron chi connectivity index (χ4n) is 5.66. The van der Waals surface area contributed by atoms with Gasteiger partial charge >= 0.3 is 12.4 Å². The van der Waals surface area contributed by atoms with Gasteiger partial charge in [0.05, 0.1) is 35.3 Å². The zero-order chi connectivity index (χ0) is 31.6. The number of halogens is 6. The van der Waals surface area contributed by atoms with Crippen LogP contribution in [0.1, 0.15) is 60.4 Å². The maximum Gasteiger partial charge on any atom is 0.416 e. The molecular weight excluding hydrogens is 586 g/mol. The Labute approximate surface area is 249 Å². The minimum Gasteiger partial charge on any atom is -0.356 e. The van der Waals surface area contributed by atoms with Crippen LogP contribution in [0.2, 0.25) is 0 Å². The summed E-state index contributed by atoms with van der Waals surface area (Å²) < 4.78 is 81.9. The molecule has 1 fully saturated rings. The Bertz CT molecular complexity index is 1630. The fraction of sp³-hybridized carbons (Fsp3) is 0.433. The van der Waals surface area contributed by atoms with Gasteiger partial charge < -0.3 is 9.80 Å². The predicted molar refractivity (Wildman–Crippen MR) is 151 cm³/mol. The Hall–Kier alpha value is -4.41. The summed E-state index contributed by atoms with van der Waals surface area (Å²) in [4.78, 5) is 9.73. The highest BCUT2D eigenvalue weighted by molar-refractivity contribution is 5.83. The third-order valence-electron chi connectivity index (χ3n) is 7.80. The molecule has 0 amide bonds. The van der Waals surface area contributed by atoms with Gasteiger partial charge in [0.1, 0.15) is 5.82 Å². The molecule has 1 saturated carbocycles. The summed E-state index contributed by atoms with van der Waals surface area (Å²) in [5.41, 5.74) is -1.29. The summed E-state index contributed by atoms with van der Waals surface area (Å²) in [6.07, 6.45) is -5.49. The van der Waals surface area contributed by atoms with Crippen molar-refractivity contribution in [1.29, 1.82) is 5.26 Å². The molecule has 8 nitrogen and oxygen atoms in total. The van der Waals surface area contributed by atoms with E-state index in [1.807, 2.05) is 13.0 Å². The number of pyridine rings is 1. The molecular formula is C30H30F6N8. The van der Waals surface area contributed by atoms with Gasteiger partial charge in [0.25, 0.3) is 5.95 Å². The zero-order valence-corrected chi connectivity index (χ0v) is 24.1. The van der Waals surface area contributed by atoms with Crippen LogP contribution in [0.25, 0.3) is 10.9 Å². The van der Waals surface area contributed by atoms with Gasteiger partial charge in [-0.3, -0.25) is 0 Å². The summed E-state index contributed by atoms with van der Waals surface area (Å²) in [5, 5.41) is 22.2. The number of nitriles is 1. The molecule has 0 aliphatic heterocycles. The average molecular weight is 617 g/mol. The maximum atomic E-state index is 13.6. The van der Waals surface area contributed by atoms with Gasteiger partial charge in [0.15, 0.2) is 0 Å². The van der Waals surface area contributed by atoms with Crippen molar-refractivity contribution < 1.29 is 26.3 Å². The molecule has 2 aromatic heterocycles. The van der Waals surface area contributed by atoms with Gasteiger partial charge in [-0.15, -0.1) is 5.10 Å². The molecule has 0 unspecified atom stereocenters. The standard InChI is InChI=1S/C30H30F6N8/c1-3-43(16-19-6-4-5-7-19)27-23(13-22-9-8-20(15-37)12-26(22)38-27)18-44(28-39-41-42(2)40-28)17-21-10-24(29(31,32)33)14-25(11-21)30(34,35)36/h8-14,19H,3-7,16-18H2,1-2H3. The van der Waals surface area contributed by atoms with Gasteiger partial charge in [-0.05, 0) is 72.9 Å². The Balaban J connectivity index is 1.60. The molecule has 44 heavy (non-hydrogen) atoms. The molecule has 1 aliphatic rings. The number of tetrazole rings is 1. The van der Waals surface area contributed by atoms with E-state index in [0.717, 1.165) is 42.4 Å². The van der Waals surface area contributed by atoms with E-state index in [0.29, 0.717) is 47.1 Å². The Morgan fingerprint density at radius 2 is 1.61 bits per heavy atom. The van der Waals surface area contributed by atoms with E-state index in [1.165, 1.54) is 11.9 Å². The number of rotatable bonds is 9. The largest absolute Gasteiger partial charge is 0.416 e. The van der Waals surface area contributed by atoms with Gasteiger partial charge in [-0.1, -0.05) is 24.0 Å². The Morgan fingerprint density at radius 3 is 2.18 bits per heavy atom.